The Bertz CT molecular complexity index is 782. The van der Waals surface area contributed by atoms with Crippen LogP contribution in [0.25, 0.3) is 6.08 Å². The number of allylic oxidation sites excluding steroid dienone is 1. The lowest BCUT2D eigenvalue weighted by molar-refractivity contribution is -0.226. The zero-order chi connectivity index (χ0) is 24.4. The number of aryl methyl sites for hydroxylation is 1. The van der Waals surface area contributed by atoms with E-state index in [0.29, 0.717) is 24.0 Å². The van der Waals surface area contributed by atoms with Crippen LogP contribution in [0.4, 0.5) is 13.2 Å². The summed E-state index contributed by atoms with van der Waals surface area (Å²) >= 11 is 0. The average molecular weight is 481 g/mol. The molecule has 5 heteroatoms. The highest BCUT2D eigenvalue weighted by molar-refractivity contribution is 5.59. The first-order valence-corrected chi connectivity index (χ1v) is 13.6. The molecule has 1 fully saturated rings. The molecule has 3 rings (SSSR count). The Morgan fingerprint density at radius 1 is 0.941 bits per heavy atom. The molecule has 0 aromatic heterocycles. The summed E-state index contributed by atoms with van der Waals surface area (Å²) in [6.07, 6.45) is 15.6. The van der Waals surface area contributed by atoms with Gasteiger partial charge in [-0.1, -0.05) is 70.4 Å². The molecule has 34 heavy (non-hydrogen) atoms. The molecule has 1 aliphatic carbocycles. The SMILES string of the molecule is CCCCCCCCCCCOC1CCC(CCc2ccc3c(c2F)C(F)(F)OC(C)=C3)CC1. The third kappa shape index (κ3) is 8.03. The van der Waals surface area contributed by atoms with Crippen molar-refractivity contribution in [3.8, 4) is 0 Å². The van der Waals surface area contributed by atoms with Crippen LogP contribution in [-0.4, -0.2) is 12.7 Å². The number of fused-ring (bicyclic) bond motifs is 1. The number of rotatable bonds is 14. The van der Waals surface area contributed by atoms with Crippen molar-refractivity contribution in [2.24, 2.45) is 5.92 Å². The lowest BCUT2D eigenvalue weighted by Gasteiger charge is -2.29. The van der Waals surface area contributed by atoms with Gasteiger partial charge in [-0.2, -0.15) is 8.78 Å². The molecule has 0 saturated heterocycles. The Morgan fingerprint density at radius 3 is 2.26 bits per heavy atom. The molecule has 0 spiro atoms. The minimum Gasteiger partial charge on any atom is -0.434 e. The van der Waals surface area contributed by atoms with E-state index in [1.807, 2.05) is 0 Å². The van der Waals surface area contributed by atoms with Crippen molar-refractivity contribution >= 4 is 6.08 Å². The summed E-state index contributed by atoms with van der Waals surface area (Å²) in [5.74, 6) is -0.215. The molecule has 2 aliphatic rings. The average Bonchev–Trinajstić information content (AvgIpc) is 2.79. The van der Waals surface area contributed by atoms with Crippen molar-refractivity contribution in [1.82, 2.24) is 0 Å². The van der Waals surface area contributed by atoms with E-state index in [-0.39, 0.29) is 11.3 Å². The number of hydrogen-bond donors (Lipinski definition) is 0. The molecule has 0 unspecified atom stereocenters. The number of halogens is 3. The van der Waals surface area contributed by atoms with Gasteiger partial charge in [0.15, 0.2) is 0 Å². The lowest BCUT2D eigenvalue weighted by atomic mass is 9.83. The topological polar surface area (TPSA) is 18.5 Å². The lowest BCUT2D eigenvalue weighted by Crippen LogP contribution is -2.25. The quantitative estimate of drug-likeness (QED) is 0.247. The van der Waals surface area contributed by atoms with Gasteiger partial charge in [0.05, 0.1) is 6.10 Å². The molecular formula is C29H43F3O2. The van der Waals surface area contributed by atoms with Crippen LogP contribution in [0, 0.1) is 11.7 Å². The van der Waals surface area contributed by atoms with Gasteiger partial charge in [-0.15, -0.1) is 0 Å². The molecule has 0 atom stereocenters. The highest BCUT2D eigenvalue weighted by atomic mass is 19.3. The highest BCUT2D eigenvalue weighted by Gasteiger charge is 2.42. The number of benzene rings is 1. The molecular weight excluding hydrogens is 437 g/mol. The second kappa shape index (κ2) is 13.6. The number of hydrogen-bond acceptors (Lipinski definition) is 2. The van der Waals surface area contributed by atoms with Gasteiger partial charge in [-0.3, -0.25) is 0 Å². The summed E-state index contributed by atoms with van der Waals surface area (Å²) in [6, 6.07) is 3.24. The van der Waals surface area contributed by atoms with Gasteiger partial charge in [0, 0.05) is 6.61 Å². The Labute approximate surface area is 204 Å². The standard InChI is InChI=1S/C29H43F3O2/c1-3-4-5-6-7-8-9-10-11-20-33-26-18-13-23(14-19-26)12-15-24-16-17-25-21-22(2)34-29(31,32)27(25)28(24)30/h16-17,21,23,26H,3-15,18-20H2,1-2H3. The van der Waals surface area contributed by atoms with Crippen LogP contribution < -0.4 is 0 Å². The summed E-state index contributed by atoms with van der Waals surface area (Å²) in [6.45, 7) is 4.57. The molecule has 0 radical (unpaired) electrons. The maximum Gasteiger partial charge on any atom is 0.429 e. The van der Waals surface area contributed by atoms with Crippen molar-refractivity contribution in [2.75, 3.05) is 6.61 Å². The van der Waals surface area contributed by atoms with Gasteiger partial charge in [0.1, 0.15) is 17.1 Å². The van der Waals surface area contributed by atoms with Crippen LogP contribution in [0.1, 0.15) is 120 Å². The van der Waals surface area contributed by atoms with E-state index in [2.05, 4.69) is 11.7 Å². The summed E-state index contributed by atoms with van der Waals surface area (Å²) in [4.78, 5) is 0. The molecule has 0 amide bonds. The van der Waals surface area contributed by atoms with E-state index in [9.17, 15) is 13.2 Å². The molecule has 1 aromatic carbocycles. The third-order valence-electron chi connectivity index (χ3n) is 7.41. The molecule has 1 saturated carbocycles. The fourth-order valence-electron chi connectivity index (χ4n) is 5.35. The second-order valence-electron chi connectivity index (χ2n) is 10.3. The fraction of sp³-hybridized carbons (Fsp3) is 0.724. The molecule has 0 N–H and O–H groups in total. The predicted octanol–water partition coefficient (Wildman–Crippen LogP) is 9.30. The van der Waals surface area contributed by atoms with Crippen molar-refractivity contribution in [3.05, 3.63) is 40.4 Å². The van der Waals surface area contributed by atoms with E-state index >= 15 is 0 Å². The van der Waals surface area contributed by atoms with E-state index in [4.69, 9.17) is 4.74 Å². The summed E-state index contributed by atoms with van der Waals surface area (Å²) in [5, 5.41) is 0. The zero-order valence-electron chi connectivity index (χ0n) is 21.2. The molecule has 1 heterocycles. The normalized spacial score (nSPS) is 21.6. The molecule has 192 valence electrons. The van der Waals surface area contributed by atoms with E-state index < -0.39 is 17.5 Å². The predicted molar refractivity (Wildman–Crippen MR) is 132 cm³/mol. The smallest absolute Gasteiger partial charge is 0.429 e. The first kappa shape index (κ1) is 27.1. The molecule has 0 bridgehead atoms. The van der Waals surface area contributed by atoms with Crippen LogP contribution in [0.5, 0.6) is 0 Å². The van der Waals surface area contributed by atoms with Crippen molar-refractivity contribution in [3.63, 3.8) is 0 Å². The van der Waals surface area contributed by atoms with Crippen LogP contribution in [-0.2, 0) is 22.0 Å². The maximum atomic E-state index is 14.9. The Hall–Kier alpha value is -1.49. The second-order valence-corrected chi connectivity index (χ2v) is 10.3. The summed E-state index contributed by atoms with van der Waals surface area (Å²) in [7, 11) is 0. The van der Waals surface area contributed by atoms with Gasteiger partial charge in [0.25, 0.3) is 0 Å². The first-order chi connectivity index (χ1) is 16.4. The van der Waals surface area contributed by atoms with Crippen molar-refractivity contribution in [1.29, 1.82) is 0 Å². The number of alkyl halides is 2. The fourth-order valence-corrected chi connectivity index (χ4v) is 5.35. The van der Waals surface area contributed by atoms with Crippen molar-refractivity contribution in [2.45, 2.75) is 122 Å². The van der Waals surface area contributed by atoms with E-state index in [1.54, 1.807) is 12.1 Å². The van der Waals surface area contributed by atoms with Crippen LogP contribution in [0.2, 0.25) is 0 Å². The summed E-state index contributed by atoms with van der Waals surface area (Å²) in [5.41, 5.74) is -0.0532. The Balaban J connectivity index is 1.31. The highest BCUT2D eigenvalue weighted by Crippen LogP contribution is 2.41. The first-order valence-electron chi connectivity index (χ1n) is 13.6. The zero-order valence-corrected chi connectivity index (χ0v) is 21.2. The van der Waals surface area contributed by atoms with Gasteiger partial charge in [-0.25, -0.2) is 4.39 Å². The Kier molecular flexibility index (Phi) is 10.8. The minimum absolute atomic E-state index is 0.0985. The molecule has 1 aliphatic heterocycles. The maximum absolute atomic E-state index is 14.9. The Morgan fingerprint density at radius 2 is 1.59 bits per heavy atom. The molecule has 1 aromatic rings. The molecule has 2 nitrogen and oxygen atoms in total. The van der Waals surface area contributed by atoms with Crippen LogP contribution in [0.3, 0.4) is 0 Å². The van der Waals surface area contributed by atoms with E-state index in [0.717, 1.165) is 45.1 Å². The number of ether oxygens (including phenoxy) is 2. The van der Waals surface area contributed by atoms with Crippen LogP contribution >= 0.6 is 0 Å². The minimum atomic E-state index is -3.61. The summed E-state index contributed by atoms with van der Waals surface area (Å²) < 4.78 is 54.1. The van der Waals surface area contributed by atoms with Gasteiger partial charge < -0.3 is 9.47 Å². The van der Waals surface area contributed by atoms with Crippen LogP contribution in [0.15, 0.2) is 17.9 Å². The van der Waals surface area contributed by atoms with Gasteiger partial charge in [-0.05, 0) is 75.0 Å². The third-order valence-corrected chi connectivity index (χ3v) is 7.41. The monoisotopic (exact) mass is 480 g/mol. The largest absolute Gasteiger partial charge is 0.434 e. The number of unbranched alkanes of at least 4 members (excludes halogenated alkanes) is 8. The van der Waals surface area contributed by atoms with Gasteiger partial charge in [0.2, 0.25) is 0 Å². The van der Waals surface area contributed by atoms with Gasteiger partial charge >= 0.3 is 6.11 Å². The van der Waals surface area contributed by atoms with E-state index in [1.165, 1.54) is 64.4 Å². The van der Waals surface area contributed by atoms with Crippen molar-refractivity contribution < 1.29 is 22.6 Å².